The van der Waals surface area contributed by atoms with Gasteiger partial charge in [-0.3, -0.25) is 9.59 Å². The number of hydrogen-bond donors (Lipinski definition) is 2. The van der Waals surface area contributed by atoms with E-state index in [4.69, 9.17) is 9.47 Å². The fourth-order valence-corrected chi connectivity index (χ4v) is 7.58. The average Bonchev–Trinajstić information content (AvgIpc) is 3.82. The lowest BCUT2D eigenvalue weighted by Gasteiger charge is -2.27. The molecular formula is C37H44O6. The second-order valence-electron chi connectivity index (χ2n) is 14.0. The number of ether oxygens (including phenoxy) is 2. The molecule has 0 heterocycles. The van der Waals surface area contributed by atoms with Crippen molar-refractivity contribution in [2.24, 2.45) is 22.7 Å². The molecule has 2 saturated carbocycles. The van der Waals surface area contributed by atoms with Gasteiger partial charge in [0.25, 0.3) is 0 Å². The Hall–Kier alpha value is -3.22. The molecule has 2 aromatic carbocycles. The number of aliphatic hydroxyl groups excluding tert-OH is 2. The van der Waals surface area contributed by atoms with Crippen LogP contribution in [0.1, 0.15) is 74.6 Å². The Morgan fingerprint density at radius 2 is 1.14 bits per heavy atom. The molecule has 4 unspecified atom stereocenters. The van der Waals surface area contributed by atoms with Crippen LogP contribution in [0.15, 0.2) is 72.8 Å². The van der Waals surface area contributed by atoms with E-state index in [0.29, 0.717) is 24.7 Å². The number of benzene rings is 2. The van der Waals surface area contributed by atoms with Gasteiger partial charge in [-0.25, -0.2) is 0 Å². The third kappa shape index (κ3) is 6.09. The summed E-state index contributed by atoms with van der Waals surface area (Å²) in [7, 11) is 0. The van der Waals surface area contributed by atoms with Gasteiger partial charge in [0.15, 0.2) is 0 Å². The third-order valence-electron chi connectivity index (χ3n) is 10.5. The second kappa shape index (κ2) is 11.7. The van der Waals surface area contributed by atoms with E-state index in [0.717, 1.165) is 60.8 Å². The molecular weight excluding hydrogens is 540 g/mol. The lowest BCUT2D eigenvalue weighted by Crippen LogP contribution is -2.30. The normalized spacial score (nSPS) is 28.3. The maximum absolute atomic E-state index is 12.6. The smallest absolute Gasteiger partial charge is 0.316 e. The predicted molar refractivity (Wildman–Crippen MR) is 164 cm³/mol. The highest BCUT2D eigenvalue weighted by molar-refractivity contribution is 5.81. The van der Waals surface area contributed by atoms with Gasteiger partial charge in [0, 0.05) is 18.3 Å². The molecule has 2 fully saturated rings. The van der Waals surface area contributed by atoms with E-state index in [1.807, 2.05) is 36.4 Å². The first kappa shape index (κ1) is 29.8. The summed E-state index contributed by atoms with van der Waals surface area (Å²) in [6, 6.07) is 16.5. The van der Waals surface area contributed by atoms with Gasteiger partial charge < -0.3 is 19.7 Å². The Bertz CT molecular complexity index is 1280. The van der Waals surface area contributed by atoms with Crippen LogP contribution in [0.3, 0.4) is 0 Å². The first-order chi connectivity index (χ1) is 20.6. The summed E-state index contributed by atoms with van der Waals surface area (Å²) < 4.78 is 11.1. The molecule has 0 amide bonds. The SMILES string of the molecule is CC(C)(c1ccc(CC(O)COC(=O)[C@]23C=CC(CC2)C3)cc1)c1ccc(CC(O)COC(=O)[C@]23C=CC(CC2)C3)cc1. The molecule has 2 aromatic rings. The van der Waals surface area contributed by atoms with Crippen LogP contribution < -0.4 is 0 Å². The maximum atomic E-state index is 12.6. The monoisotopic (exact) mass is 584 g/mol. The number of carbonyl (C=O) groups is 2. The van der Waals surface area contributed by atoms with Gasteiger partial charge in [-0.15, -0.1) is 0 Å². The van der Waals surface area contributed by atoms with Crippen molar-refractivity contribution >= 4 is 11.9 Å². The van der Waals surface area contributed by atoms with Gasteiger partial charge in [-0.1, -0.05) is 86.7 Å². The Kier molecular flexibility index (Phi) is 8.12. The number of aliphatic hydroxyl groups is 2. The van der Waals surface area contributed by atoms with Crippen LogP contribution in [0.2, 0.25) is 0 Å². The van der Waals surface area contributed by atoms with Crippen molar-refractivity contribution in [3.05, 3.63) is 95.1 Å². The van der Waals surface area contributed by atoms with E-state index in [9.17, 15) is 19.8 Å². The Morgan fingerprint density at radius 1 is 0.744 bits per heavy atom. The molecule has 43 heavy (non-hydrogen) atoms. The van der Waals surface area contributed by atoms with Crippen molar-refractivity contribution in [2.45, 2.75) is 82.8 Å². The van der Waals surface area contributed by atoms with Crippen molar-refractivity contribution < 1.29 is 29.3 Å². The van der Waals surface area contributed by atoms with Crippen molar-refractivity contribution in [1.29, 1.82) is 0 Å². The van der Waals surface area contributed by atoms with Crippen LogP contribution in [0.5, 0.6) is 0 Å². The number of esters is 2. The molecule has 6 heteroatoms. The summed E-state index contributed by atoms with van der Waals surface area (Å²) in [6.07, 6.45) is 13.1. The molecule has 6 atom stereocenters. The number of carbonyl (C=O) groups excluding carboxylic acids is 2. The quantitative estimate of drug-likeness (QED) is 0.249. The van der Waals surface area contributed by atoms with Gasteiger partial charge in [-0.05, 0) is 72.6 Å². The lowest BCUT2D eigenvalue weighted by atomic mass is 9.77. The molecule has 6 rings (SSSR count). The molecule has 6 nitrogen and oxygen atoms in total. The van der Waals surface area contributed by atoms with Crippen molar-refractivity contribution in [3.8, 4) is 0 Å². The number of allylic oxidation sites excluding steroid dienone is 2. The summed E-state index contributed by atoms with van der Waals surface area (Å²) in [6.45, 7) is 4.37. The molecule has 4 bridgehead atoms. The van der Waals surface area contributed by atoms with Crippen LogP contribution in [0.25, 0.3) is 0 Å². The fourth-order valence-electron chi connectivity index (χ4n) is 7.58. The van der Waals surface area contributed by atoms with Gasteiger partial charge in [-0.2, -0.15) is 0 Å². The van der Waals surface area contributed by atoms with Crippen LogP contribution in [0.4, 0.5) is 0 Å². The summed E-state index contributed by atoms with van der Waals surface area (Å²) in [5.41, 5.74) is 3.10. The highest BCUT2D eigenvalue weighted by Crippen LogP contribution is 2.50. The Balaban J connectivity index is 0.975. The van der Waals surface area contributed by atoms with E-state index >= 15 is 0 Å². The minimum absolute atomic E-state index is 0.00829. The van der Waals surface area contributed by atoms with Gasteiger partial charge >= 0.3 is 11.9 Å². The van der Waals surface area contributed by atoms with E-state index in [1.54, 1.807) is 0 Å². The summed E-state index contributed by atoms with van der Waals surface area (Å²) in [5, 5.41) is 21.1. The van der Waals surface area contributed by atoms with Crippen LogP contribution in [-0.2, 0) is 37.3 Å². The molecule has 228 valence electrons. The molecule has 0 spiro atoms. The molecule has 0 saturated heterocycles. The fraction of sp³-hybridized carbons (Fsp3) is 0.514. The summed E-state index contributed by atoms with van der Waals surface area (Å²) in [4.78, 5) is 25.3. The largest absolute Gasteiger partial charge is 0.462 e. The molecule has 0 aromatic heterocycles. The second-order valence-corrected chi connectivity index (χ2v) is 14.0. The van der Waals surface area contributed by atoms with E-state index in [2.05, 4.69) is 50.3 Å². The standard InChI is InChI=1S/C37H44O6/c1-35(2,29-7-3-25(4-8-29)19-31(38)23-42-33(40)36-15-11-27(21-36)12-16-36)30-9-5-26(6-10-30)20-32(39)24-43-34(41)37-17-13-28(22-37)14-18-37/h3-11,13,15,17,27-28,31-32,38-39H,12,14,16,18-24H2,1-2H3/t27?,28?,31?,32?,36-,37-/m1/s1. The maximum Gasteiger partial charge on any atom is 0.316 e. The number of rotatable bonds is 12. The van der Waals surface area contributed by atoms with Crippen LogP contribution in [-0.4, -0.2) is 47.6 Å². The van der Waals surface area contributed by atoms with E-state index in [-0.39, 0.29) is 30.6 Å². The number of hydrogen-bond acceptors (Lipinski definition) is 6. The Labute approximate surface area is 254 Å². The molecule has 4 aliphatic rings. The molecule has 2 N–H and O–H groups in total. The zero-order valence-electron chi connectivity index (χ0n) is 25.3. The van der Waals surface area contributed by atoms with Crippen LogP contribution in [0, 0.1) is 22.7 Å². The topological polar surface area (TPSA) is 93.1 Å². The van der Waals surface area contributed by atoms with Crippen molar-refractivity contribution in [2.75, 3.05) is 13.2 Å². The predicted octanol–water partition coefficient (Wildman–Crippen LogP) is 5.62. The minimum Gasteiger partial charge on any atom is -0.462 e. The van der Waals surface area contributed by atoms with E-state index < -0.39 is 23.0 Å². The van der Waals surface area contributed by atoms with Gasteiger partial charge in [0.2, 0.25) is 0 Å². The Morgan fingerprint density at radius 3 is 1.44 bits per heavy atom. The third-order valence-corrected chi connectivity index (χ3v) is 10.5. The van der Waals surface area contributed by atoms with Crippen LogP contribution >= 0.6 is 0 Å². The molecule has 4 aliphatic carbocycles. The first-order valence-electron chi connectivity index (χ1n) is 15.9. The highest BCUT2D eigenvalue weighted by atomic mass is 16.5. The zero-order valence-corrected chi connectivity index (χ0v) is 25.3. The summed E-state index contributed by atoms with van der Waals surface area (Å²) in [5.74, 6) is 0.602. The average molecular weight is 585 g/mol. The van der Waals surface area contributed by atoms with Gasteiger partial charge in [0.1, 0.15) is 13.2 Å². The minimum atomic E-state index is -0.748. The van der Waals surface area contributed by atoms with E-state index in [1.165, 1.54) is 0 Å². The zero-order chi connectivity index (χ0) is 30.2. The van der Waals surface area contributed by atoms with Crippen molar-refractivity contribution in [1.82, 2.24) is 0 Å². The first-order valence-corrected chi connectivity index (χ1v) is 15.9. The summed E-state index contributed by atoms with van der Waals surface area (Å²) >= 11 is 0. The van der Waals surface area contributed by atoms with Crippen molar-refractivity contribution in [3.63, 3.8) is 0 Å². The molecule has 0 aliphatic heterocycles. The highest BCUT2D eigenvalue weighted by Gasteiger charge is 2.48. The van der Waals surface area contributed by atoms with Gasteiger partial charge in [0.05, 0.1) is 23.0 Å². The lowest BCUT2D eigenvalue weighted by molar-refractivity contribution is -0.156. The number of fused-ring (bicyclic) bond motifs is 4. The molecule has 0 radical (unpaired) electrons.